The molecule has 98 valence electrons. The Morgan fingerprint density at radius 3 is 3.06 bits per heavy atom. The second-order valence-corrected chi connectivity index (χ2v) is 6.55. The first kappa shape index (κ1) is 14.3. The van der Waals surface area contributed by atoms with E-state index in [-0.39, 0.29) is 5.91 Å². The molecule has 1 aromatic carbocycles. The molecular formula is C13H16BrIN2O. The standard InChI is InChI=1S/C13H16BrIN2O/c14-9-3-4-12(15)11(8-9)13(18)17-10-2-1-6-16-7-5-10/h3-4,8,10,16H,1-2,5-7H2,(H,17,18). The summed E-state index contributed by atoms with van der Waals surface area (Å²) in [6.45, 7) is 2.04. The fourth-order valence-electron chi connectivity index (χ4n) is 2.10. The zero-order valence-corrected chi connectivity index (χ0v) is 13.8. The molecule has 0 spiro atoms. The highest BCUT2D eigenvalue weighted by molar-refractivity contribution is 14.1. The van der Waals surface area contributed by atoms with Crippen LogP contribution in [0.15, 0.2) is 22.7 Å². The molecular weight excluding hydrogens is 407 g/mol. The monoisotopic (exact) mass is 422 g/mol. The molecule has 1 fully saturated rings. The smallest absolute Gasteiger partial charge is 0.252 e. The SMILES string of the molecule is O=C(NC1CCCNCC1)c1cc(Br)ccc1I. The molecule has 2 N–H and O–H groups in total. The molecule has 1 heterocycles. The van der Waals surface area contributed by atoms with Crippen molar-refractivity contribution in [1.29, 1.82) is 0 Å². The van der Waals surface area contributed by atoms with Gasteiger partial charge in [-0.05, 0) is 73.1 Å². The zero-order valence-electron chi connectivity index (χ0n) is 10.0. The van der Waals surface area contributed by atoms with Gasteiger partial charge in [-0.3, -0.25) is 4.79 Å². The van der Waals surface area contributed by atoms with Gasteiger partial charge in [0.2, 0.25) is 0 Å². The molecule has 1 aliphatic heterocycles. The van der Waals surface area contributed by atoms with E-state index in [9.17, 15) is 4.79 Å². The van der Waals surface area contributed by atoms with Crippen LogP contribution in [0.3, 0.4) is 0 Å². The normalized spacial score (nSPS) is 20.2. The van der Waals surface area contributed by atoms with Crippen LogP contribution in [-0.2, 0) is 0 Å². The summed E-state index contributed by atoms with van der Waals surface area (Å²) in [5.41, 5.74) is 0.752. The van der Waals surface area contributed by atoms with Crippen LogP contribution in [0.5, 0.6) is 0 Å². The van der Waals surface area contributed by atoms with Gasteiger partial charge in [0.05, 0.1) is 5.56 Å². The van der Waals surface area contributed by atoms with Gasteiger partial charge >= 0.3 is 0 Å². The minimum atomic E-state index is 0.0348. The van der Waals surface area contributed by atoms with Crippen LogP contribution in [-0.4, -0.2) is 25.0 Å². The largest absolute Gasteiger partial charge is 0.349 e. The highest BCUT2D eigenvalue weighted by Gasteiger charge is 2.17. The van der Waals surface area contributed by atoms with Gasteiger partial charge in [-0.15, -0.1) is 0 Å². The van der Waals surface area contributed by atoms with Gasteiger partial charge in [0, 0.05) is 14.1 Å². The Morgan fingerprint density at radius 2 is 2.22 bits per heavy atom. The molecule has 18 heavy (non-hydrogen) atoms. The summed E-state index contributed by atoms with van der Waals surface area (Å²) in [5.74, 6) is 0.0348. The average molecular weight is 423 g/mol. The first-order valence-electron chi connectivity index (χ1n) is 6.13. The minimum absolute atomic E-state index is 0.0348. The number of amides is 1. The van der Waals surface area contributed by atoms with Gasteiger partial charge in [0.25, 0.3) is 5.91 Å². The molecule has 1 saturated heterocycles. The molecule has 1 unspecified atom stereocenters. The van der Waals surface area contributed by atoms with Crippen molar-refractivity contribution >= 4 is 44.4 Å². The first-order chi connectivity index (χ1) is 8.66. The molecule has 3 nitrogen and oxygen atoms in total. The van der Waals surface area contributed by atoms with Gasteiger partial charge in [0.15, 0.2) is 0 Å². The van der Waals surface area contributed by atoms with Crippen molar-refractivity contribution in [1.82, 2.24) is 10.6 Å². The second-order valence-electron chi connectivity index (χ2n) is 4.48. The third-order valence-electron chi connectivity index (χ3n) is 3.08. The van der Waals surface area contributed by atoms with Crippen molar-refractivity contribution in [3.05, 3.63) is 31.8 Å². The van der Waals surface area contributed by atoms with Crippen LogP contribution in [0.25, 0.3) is 0 Å². The predicted octanol–water partition coefficient (Wildman–Crippen LogP) is 2.93. The lowest BCUT2D eigenvalue weighted by Gasteiger charge is -2.16. The maximum atomic E-state index is 12.2. The van der Waals surface area contributed by atoms with E-state index in [0.29, 0.717) is 6.04 Å². The molecule has 5 heteroatoms. The number of benzene rings is 1. The van der Waals surface area contributed by atoms with E-state index < -0.39 is 0 Å². The van der Waals surface area contributed by atoms with E-state index in [1.807, 2.05) is 18.2 Å². The van der Waals surface area contributed by atoms with E-state index in [1.54, 1.807) is 0 Å². The van der Waals surface area contributed by atoms with E-state index in [2.05, 4.69) is 49.2 Å². The Bertz CT molecular complexity index is 431. The van der Waals surface area contributed by atoms with Crippen LogP contribution < -0.4 is 10.6 Å². The van der Waals surface area contributed by atoms with Gasteiger partial charge in [-0.2, -0.15) is 0 Å². The van der Waals surface area contributed by atoms with E-state index >= 15 is 0 Å². The van der Waals surface area contributed by atoms with Crippen molar-refractivity contribution in [2.45, 2.75) is 25.3 Å². The lowest BCUT2D eigenvalue weighted by Crippen LogP contribution is -2.35. The number of hydrogen-bond donors (Lipinski definition) is 2. The van der Waals surface area contributed by atoms with Crippen LogP contribution in [0.2, 0.25) is 0 Å². The lowest BCUT2D eigenvalue weighted by molar-refractivity contribution is 0.0933. The Labute approximate surface area is 129 Å². The number of hydrogen-bond acceptors (Lipinski definition) is 2. The molecule has 1 amide bonds. The molecule has 2 rings (SSSR count). The summed E-state index contributed by atoms with van der Waals surface area (Å²) in [6.07, 6.45) is 3.19. The van der Waals surface area contributed by atoms with E-state index in [0.717, 1.165) is 46.0 Å². The summed E-state index contributed by atoms with van der Waals surface area (Å²) in [5, 5.41) is 6.49. The molecule has 0 aliphatic carbocycles. The number of carbonyl (C=O) groups excluding carboxylic acids is 1. The average Bonchev–Trinajstić information content (AvgIpc) is 2.61. The van der Waals surface area contributed by atoms with E-state index in [4.69, 9.17) is 0 Å². The minimum Gasteiger partial charge on any atom is -0.349 e. The quantitative estimate of drug-likeness (QED) is 0.719. The van der Waals surface area contributed by atoms with Crippen molar-refractivity contribution in [2.75, 3.05) is 13.1 Å². The fraction of sp³-hybridized carbons (Fsp3) is 0.462. The highest BCUT2D eigenvalue weighted by Crippen LogP contribution is 2.19. The zero-order chi connectivity index (χ0) is 13.0. The Hall–Kier alpha value is -0.140. The summed E-state index contributed by atoms with van der Waals surface area (Å²) in [6, 6.07) is 6.08. The third kappa shape index (κ3) is 3.93. The first-order valence-corrected chi connectivity index (χ1v) is 8.00. The van der Waals surface area contributed by atoms with E-state index in [1.165, 1.54) is 0 Å². The van der Waals surface area contributed by atoms with Crippen molar-refractivity contribution in [3.8, 4) is 0 Å². The van der Waals surface area contributed by atoms with Crippen LogP contribution >= 0.6 is 38.5 Å². The lowest BCUT2D eigenvalue weighted by atomic mass is 10.1. The summed E-state index contributed by atoms with van der Waals surface area (Å²) in [7, 11) is 0. The molecule has 0 bridgehead atoms. The van der Waals surface area contributed by atoms with Gasteiger partial charge in [-0.25, -0.2) is 0 Å². The van der Waals surface area contributed by atoms with Crippen molar-refractivity contribution in [2.24, 2.45) is 0 Å². The van der Waals surface area contributed by atoms with Gasteiger partial charge in [0.1, 0.15) is 0 Å². The highest BCUT2D eigenvalue weighted by atomic mass is 127. The second kappa shape index (κ2) is 6.86. The van der Waals surface area contributed by atoms with Gasteiger partial charge in [-0.1, -0.05) is 15.9 Å². The van der Waals surface area contributed by atoms with Gasteiger partial charge < -0.3 is 10.6 Å². The number of nitrogens with one attached hydrogen (secondary N) is 2. The molecule has 0 saturated carbocycles. The Balaban J connectivity index is 2.04. The molecule has 1 aromatic rings. The predicted molar refractivity (Wildman–Crippen MR) is 84.8 cm³/mol. The molecule has 0 aromatic heterocycles. The van der Waals surface area contributed by atoms with Crippen molar-refractivity contribution < 1.29 is 4.79 Å². The van der Waals surface area contributed by atoms with Crippen molar-refractivity contribution in [3.63, 3.8) is 0 Å². The number of carbonyl (C=O) groups is 1. The summed E-state index contributed by atoms with van der Waals surface area (Å²) in [4.78, 5) is 12.2. The number of halogens is 2. The maximum absolute atomic E-state index is 12.2. The number of rotatable bonds is 2. The Kier molecular flexibility index (Phi) is 5.44. The third-order valence-corrected chi connectivity index (χ3v) is 4.52. The van der Waals surface area contributed by atoms with Crippen LogP contribution in [0.4, 0.5) is 0 Å². The maximum Gasteiger partial charge on any atom is 0.252 e. The molecule has 0 radical (unpaired) electrons. The summed E-state index contributed by atoms with van der Waals surface area (Å²) < 4.78 is 1.93. The Morgan fingerprint density at radius 1 is 1.39 bits per heavy atom. The molecule has 1 aliphatic rings. The fourth-order valence-corrected chi connectivity index (χ4v) is 3.04. The topological polar surface area (TPSA) is 41.1 Å². The summed E-state index contributed by atoms with van der Waals surface area (Å²) >= 11 is 5.61. The van der Waals surface area contributed by atoms with Crippen LogP contribution in [0, 0.1) is 3.57 Å². The molecule has 1 atom stereocenters. The van der Waals surface area contributed by atoms with Crippen LogP contribution in [0.1, 0.15) is 29.6 Å².